The lowest BCUT2D eigenvalue weighted by Gasteiger charge is -1.99. The van der Waals surface area contributed by atoms with Gasteiger partial charge in [-0.15, -0.1) is 11.3 Å². The molecule has 0 unspecified atom stereocenters. The first kappa shape index (κ1) is 17.5. The number of thiazole rings is 1. The van der Waals surface area contributed by atoms with E-state index in [4.69, 9.17) is 0 Å². The predicted molar refractivity (Wildman–Crippen MR) is 104 cm³/mol. The van der Waals surface area contributed by atoms with E-state index in [2.05, 4.69) is 26.2 Å². The van der Waals surface area contributed by atoms with Crippen molar-refractivity contribution >= 4 is 44.4 Å². The number of amides is 1. The Hall–Kier alpha value is -2.31. The van der Waals surface area contributed by atoms with Gasteiger partial charge >= 0.3 is 0 Å². The maximum atomic E-state index is 12.9. The second kappa shape index (κ2) is 7.72. The van der Waals surface area contributed by atoms with E-state index in [-0.39, 0.29) is 11.7 Å². The van der Waals surface area contributed by atoms with Crippen LogP contribution in [-0.4, -0.2) is 10.9 Å². The maximum Gasteiger partial charge on any atom is 0.250 e. The fraction of sp³-hybridized carbons (Fsp3) is 0.0526. The molecule has 0 bridgehead atoms. The summed E-state index contributed by atoms with van der Waals surface area (Å²) in [7, 11) is 0. The molecule has 1 amide bonds. The topological polar surface area (TPSA) is 42.0 Å². The molecule has 3 nitrogen and oxygen atoms in total. The quantitative estimate of drug-likeness (QED) is 0.556. The minimum atomic E-state index is -0.305. The lowest BCUT2D eigenvalue weighted by Crippen LogP contribution is -2.07. The van der Waals surface area contributed by atoms with Gasteiger partial charge in [-0.25, -0.2) is 9.37 Å². The van der Waals surface area contributed by atoms with Crippen LogP contribution in [0.25, 0.3) is 17.3 Å². The minimum Gasteiger partial charge on any atom is -0.298 e. The van der Waals surface area contributed by atoms with E-state index >= 15 is 0 Å². The molecule has 1 N–H and O–H groups in total. The normalized spacial score (nSPS) is 11.0. The zero-order chi connectivity index (χ0) is 17.8. The first-order valence-corrected chi connectivity index (χ1v) is 9.10. The molecule has 25 heavy (non-hydrogen) atoms. The van der Waals surface area contributed by atoms with E-state index in [1.807, 2.05) is 31.2 Å². The SMILES string of the molecule is Cc1sc(NC(=O)/C=C/c2ccc(F)cc2)nc1-c1ccc(Br)cc1. The van der Waals surface area contributed by atoms with Crippen molar-refractivity contribution in [2.75, 3.05) is 5.32 Å². The van der Waals surface area contributed by atoms with Crippen molar-refractivity contribution < 1.29 is 9.18 Å². The van der Waals surface area contributed by atoms with Gasteiger partial charge < -0.3 is 0 Å². The Kier molecular flexibility index (Phi) is 5.40. The molecule has 0 saturated carbocycles. The number of nitrogens with one attached hydrogen (secondary N) is 1. The van der Waals surface area contributed by atoms with Crippen molar-refractivity contribution in [1.82, 2.24) is 4.98 Å². The van der Waals surface area contributed by atoms with Crippen molar-refractivity contribution in [2.24, 2.45) is 0 Å². The van der Waals surface area contributed by atoms with Crippen LogP contribution in [-0.2, 0) is 4.79 Å². The molecule has 0 aliphatic carbocycles. The average molecular weight is 417 g/mol. The van der Waals surface area contributed by atoms with Crippen LogP contribution >= 0.6 is 27.3 Å². The molecule has 0 aliphatic rings. The number of aromatic nitrogens is 1. The molecule has 1 heterocycles. The fourth-order valence-electron chi connectivity index (χ4n) is 2.22. The number of benzene rings is 2. The van der Waals surface area contributed by atoms with E-state index < -0.39 is 0 Å². The number of carbonyl (C=O) groups is 1. The van der Waals surface area contributed by atoms with Gasteiger partial charge in [0.05, 0.1) is 5.69 Å². The van der Waals surface area contributed by atoms with Crippen LogP contribution in [0, 0.1) is 12.7 Å². The van der Waals surface area contributed by atoms with E-state index in [1.54, 1.807) is 18.2 Å². The second-order valence-electron chi connectivity index (χ2n) is 5.30. The highest BCUT2D eigenvalue weighted by Crippen LogP contribution is 2.31. The van der Waals surface area contributed by atoms with Gasteiger partial charge in [-0.05, 0) is 42.8 Å². The highest BCUT2D eigenvalue weighted by molar-refractivity contribution is 9.10. The van der Waals surface area contributed by atoms with Gasteiger partial charge in [0.2, 0.25) is 5.91 Å². The molecule has 0 atom stereocenters. The Balaban J connectivity index is 1.70. The van der Waals surface area contributed by atoms with Gasteiger partial charge in [-0.1, -0.05) is 40.2 Å². The van der Waals surface area contributed by atoms with E-state index in [0.29, 0.717) is 5.13 Å². The lowest BCUT2D eigenvalue weighted by molar-refractivity contribution is -0.111. The Morgan fingerprint density at radius 2 is 1.84 bits per heavy atom. The predicted octanol–water partition coefficient (Wildman–Crippen LogP) is 5.67. The molecule has 0 aliphatic heterocycles. The molecular formula is C19H14BrFN2OS. The number of halogens is 2. The fourth-order valence-corrected chi connectivity index (χ4v) is 3.32. The molecule has 0 fully saturated rings. The van der Waals surface area contributed by atoms with Gasteiger partial charge in [-0.3, -0.25) is 10.1 Å². The first-order chi connectivity index (χ1) is 12.0. The molecule has 3 aromatic rings. The highest BCUT2D eigenvalue weighted by atomic mass is 79.9. The molecular weight excluding hydrogens is 403 g/mol. The Morgan fingerprint density at radius 1 is 1.16 bits per heavy atom. The standard InChI is InChI=1S/C19H14BrFN2OS/c1-12-18(14-5-7-15(20)8-6-14)23-19(25-12)22-17(24)11-4-13-2-9-16(21)10-3-13/h2-11H,1H3,(H,22,23,24)/b11-4+. The maximum absolute atomic E-state index is 12.9. The third-order valence-corrected chi connectivity index (χ3v) is 4.86. The van der Waals surface area contributed by atoms with Gasteiger partial charge in [0.15, 0.2) is 5.13 Å². The largest absolute Gasteiger partial charge is 0.298 e. The Bertz CT molecular complexity index is 918. The summed E-state index contributed by atoms with van der Waals surface area (Å²) in [5.41, 5.74) is 2.61. The molecule has 126 valence electrons. The minimum absolute atomic E-state index is 0.277. The summed E-state index contributed by atoms with van der Waals surface area (Å²) in [6.07, 6.45) is 3.04. The van der Waals surface area contributed by atoms with Crippen molar-refractivity contribution in [3.63, 3.8) is 0 Å². The summed E-state index contributed by atoms with van der Waals surface area (Å²) in [5.74, 6) is -0.583. The molecule has 0 saturated heterocycles. The van der Waals surface area contributed by atoms with Crippen LogP contribution in [0.4, 0.5) is 9.52 Å². The van der Waals surface area contributed by atoms with Crippen LogP contribution in [0.2, 0.25) is 0 Å². The summed E-state index contributed by atoms with van der Waals surface area (Å²) in [6, 6.07) is 13.8. The smallest absolute Gasteiger partial charge is 0.250 e. The van der Waals surface area contributed by atoms with E-state index in [1.165, 1.54) is 29.5 Å². The average Bonchev–Trinajstić information content (AvgIpc) is 2.95. The van der Waals surface area contributed by atoms with Gasteiger partial charge in [0.25, 0.3) is 0 Å². The first-order valence-electron chi connectivity index (χ1n) is 7.49. The zero-order valence-electron chi connectivity index (χ0n) is 13.3. The number of hydrogen-bond donors (Lipinski definition) is 1. The summed E-state index contributed by atoms with van der Waals surface area (Å²) < 4.78 is 13.9. The van der Waals surface area contributed by atoms with Crippen molar-refractivity contribution in [3.8, 4) is 11.3 Å². The van der Waals surface area contributed by atoms with Crippen LogP contribution in [0.1, 0.15) is 10.4 Å². The van der Waals surface area contributed by atoms with Gasteiger partial charge in [-0.2, -0.15) is 0 Å². The van der Waals surface area contributed by atoms with E-state index in [9.17, 15) is 9.18 Å². The zero-order valence-corrected chi connectivity index (χ0v) is 15.7. The molecule has 3 rings (SSSR count). The third kappa shape index (κ3) is 4.61. The van der Waals surface area contributed by atoms with Crippen LogP contribution in [0.3, 0.4) is 0 Å². The Labute approximate surface area is 157 Å². The number of rotatable bonds is 4. The number of hydrogen-bond acceptors (Lipinski definition) is 3. The second-order valence-corrected chi connectivity index (χ2v) is 7.42. The van der Waals surface area contributed by atoms with Crippen LogP contribution < -0.4 is 5.32 Å². The van der Waals surface area contributed by atoms with Gasteiger partial charge in [0, 0.05) is 21.0 Å². The number of carbonyl (C=O) groups excluding carboxylic acids is 1. The Morgan fingerprint density at radius 3 is 2.52 bits per heavy atom. The summed E-state index contributed by atoms with van der Waals surface area (Å²) in [5, 5.41) is 3.31. The molecule has 6 heteroatoms. The van der Waals surface area contributed by atoms with Crippen LogP contribution in [0.15, 0.2) is 59.1 Å². The molecule has 2 aromatic carbocycles. The molecule has 0 radical (unpaired) electrons. The molecule has 0 spiro atoms. The van der Waals surface area contributed by atoms with Crippen molar-refractivity contribution in [3.05, 3.63) is 75.3 Å². The summed E-state index contributed by atoms with van der Waals surface area (Å²) in [4.78, 5) is 17.6. The van der Waals surface area contributed by atoms with Gasteiger partial charge in [0.1, 0.15) is 5.82 Å². The van der Waals surface area contributed by atoms with Crippen molar-refractivity contribution in [1.29, 1.82) is 0 Å². The monoisotopic (exact) mass is 416 g/mol. The summed E-state index contributed by atoms with van der Waals surface area (Å²) >= 11 is 4.84. The number of anilines is 1. The number of aryl methyl sites for hydroxylation is 1. The molecule has 1 aromatic heterocycles. The van der Waals surface area contributed by atoms with E-state index in [0.717, 1.165) is 26.2 Å². The van der Waals surface area contributed by atoms with Crippen molar-refractivity contribution in [2.45, 2.75) is 6.92 Å². The summed E-state index contributed by atoms with van der Waals surface area (Å²) in [6.45, 7) is 1.97. The highest BCUT2D eigenvalue weighted by Gasteiger charge is 2.11. The third-order valence-electron chi connectivity index (χ3n) is 3.44. The lowest BCUT2D eigenvalue weighted by atomic mass is 10.1. The number of nitrogens with zero attached hydrogens (tertiary/aromatic N) is 1. The van der Waals surface area contributed by atoms with Crippen LogP contribution in [0.5, 0.6) is 0 Å².